The Morgan fingerprint density at radius 2 is 1.85 bits per heavy atom. The second kappa shape index (κ2) is 7.41. The summed E-state index contributed by atoms with van der Waals surface area (Å²) in [5.74, 6) is -1.49. The van der Waals surface area contributed by atoms with Crippen LogP contribution in [0.25, 0.3) is 10.9 Å². The molecule has 132 valence electrons. The van der Waals surface area contributed by atoms with Gasteiger partial charge in [0.05, 0.1) is 11.9 Å². The molecule has 0 aliphatic carbocycles. The monoisotopic (exact) mass is 370 g/mol. The van der Waals surface area contributed by atoms with Crippen molar-refractivity contribution in [3.05, 3.63) is 80.6 Å². The van der Waals surface area contributed by atoms with Gasteiger partial charge in [0.1, 0.15) is 5.56 Å². The lowest BCUT2D eigenvalue weighted by atomic mass is 10.1. The van der Waals surface area contributed by atoms with Gasteiger partial charge >= 0.3 is 5.97 Å². The van der Waals surface area contributed by atoms with Crippen LogP contribution in [-0.2, 0) is 17.8 Å². The van der Waals surface area contributed by atoms with Crippen LogP contribution in [-0.4, -0.2) is 22.0 Å². The number of nitrogens with one attached hydrogen (secondary N) is 2. The normalized spacial score (nSPS) is 10.7. The Labute approximate surface area is 153 Å². The molecule has 3 N–H and O–H groups in total. The second-order valence-corrected chi connectivity index (χ2v) is 6.22. The number of carbonyl (C=O) groups excluding carboxylic acids is 1. The molecule has 1 heterocycles. The number of benzene rings is 2. The number of amides is 1. The smallest absolute Gasteiger partial charge is 0.341 e. The van der Waals surface area contributed by atoms with E-state index < -0.39 is 11.5 Å². The number of hydrogen-bond donors (Lipinski definition) is 3. The zero-order valence-electron chi connectivity index (χ0n) is 13.6. The summed E-state index contributed by atoms with van der Waals surface area (Å²) in [4.78, 5) is 37.7. The van der Waals surface area contributed by atoms with E-state index >= 15 is 0 Å². The lowest BCUT2D eigenvalue weighted by Crippen LogP contribution is -2.25. The molecule has 6 nitrogen and oxygen atoms in total. The molecule has 1 amide bonds. The number of carboxylic acids is 1. The van der Waals surface area contributed by atoms with Gasteiger partial charge in [0.25, 0.3) is 5.56 Å². The van der Waals surface area contributed by atoms with Crippen LogP contribution in [0.2, 0.25) is 5.02 Å². The molecule has 0 aliphatic rings. The minimum atomic E-state index is -1.31. The average molecular weight is 371 g/mol. The summed E-state index contributed by atoms with van der Waals surface area (Å²) in [6, 6.07) is 13.8. The summed E-state index contributed by atoms with van der Waals surface area (Å²) in [5.41, 5.74) is 0.871. The number of carbonyl (C=O) groups is 2. The molecule has 0 atom stereocenters. The van der Waals surface area contributed by atoms with Gasteiger partial charge in [-0.15, -0.1) is 0 Å². The van der Waals surface area contributed by atoms with Gasteiger partial charge in [0, 0.05) is 17.0 Å². The Kier molecular flexibility index (Phi) is 5.04. The second-order valence-electron chi connectivity index (χ2n) is 5.79. The molecule has 0 fully saturated rings. The third-order valence-corrected chi connectivity index (χ3v) is 4.13. The van der Waals surface area contributed by atoms with Crippen molar-refractivity contribution in [1.82, 2.24) is 10.3 Å². The van der Waals surface area contributed by atoms with E-state index in [9.17, 15) is 14.4 Å². The van der Waals surface area contributed by atoms with Crippen LogP contribution in [0.4, 0.5) is 0 Å². The highest BCUT2D eigenvalue weighted by Crippen LogP contribution is 2.22. The summed E-state index contributed by atoms with van der Waals surface area (Å²) < 4.78 is 0. The molecular weight excluding hydrogens is 356 g/mol. The molecule has 0 bridgehead atoms. The van der Waals surface area contributed by atoms with E-state index in [4.69, 9.17) is 16.7 Å². The van der Waals surface area contributed by atoms with Crippen molar-refractivity contribution in [1.29, 1.82) is 0 Å². The van der Waals surface area contributed by atoms with E-state index in [1.165, 1.54) is 6.07 Å². The van der Waals surface area contributed by atoms with E-state index in [-0.39, 0.29) is 24.4 Å². The van der Waals surface area contributed by atoms with Crippen molar-refractivity contribution in [2.75, 3.05) is 0 Å². The maximum Gasteiger partial charge on any atom is 0.341 e. The van der Waals surface area contributed by atoms with Crippen molar-refractivity contribution in [3.63, 3.8) is 0 Å². The first kappa shape index (κ1) is 17.7. The van der Waals surface area contributed by atoms with Crippen LogP contribution in [0.1, 0.15) is 21.5 Å². The zero-order valence-corrected chi connectivity index (χ0v) is 14.3. The third kappa shape index (κ3) is 3.92. The van der Waals surface area contributed by atoms with Crippen molar-refractivity contribution in [3.8, 4) is 0 Å². The van der Waals surface area contributed by atoms with E-state index in [2.05, 4.69) is 10.3 Å². The topological polar surface area (TPSA) is 99.3 Å². The van der Waals surface area contributed by atoms with Crippen molar-refractivity contribution >= 4 is 34.4 Å². The van der Waals surface area contributed by atoms with Gasteiger partial charge in [0.2, 0.25) is 5.91 Å². The maximum atomic E-state index is 12.1. The van der Waals surface area contributed by atoms with Gasteiger partial charge in [0.15, 0.2) is 0 Å². The fourth-order valence-electron chi connectivity index (χ4n) is 2.69. The molecule has 3 aromatic rings. The fourth-order valence-corrected chi connectivity index (χ4v) is 2.94. The van der Waals surface area contributed by atoms with Crippen LogP contribution >= 0.6 is 11.6 Å². The maximum absolute atomic E-state index is 12.1. The quantitative estimate of drug-likeness (QED) is 0.643. The number of aromatic nitrogens is 1. The molecule has 7 heteroatoms. The first-order valence-corrected chi connectivity index (χ1v) is 8.21. The van der Waals surface area contributed by atoms with Crippen LogP contribution in [0, 0.1) is 0 Å². The number of aromatic carboxylic acids is 1. The number of fused-ring (bicyclic) bond motifs is 1. The average Bonchev–Trinajstić information content (AvgIpc) is 2.60. The van der Waals surface area contributed by atoms with Gasteiger partial charge in [-0.05, 0) is 29.3 Å². The summed E-state index contributed by atoms with van der Waals surface area (Å²) in [5, 5.41) is 12.7. The van der Waals surface area contributed by atoms with Gasteiger partial charge in [-0.1, -0.05) is 41.9 Å². The predicted octanol–water partition coefficient (Wildman–Crippen LogP) is 2.74. The first-order valence-electron chi connectivity index (χ1n) is 7.83. The molecule has 3 rings (SSSR count). The van der Waals surface area contributed by atoms with Crippen molar-refractivity contribution < 1.29 is 14.7 Å². The molecule has 0 aliphatic heterocycles. The number of H-pyrrole nitrogens is 1. The number of hydrogen-bond acceptors (Lipinski definition) is 3. The number of halogens is 1. The van der Waals surface area contributed by atoms with Gasteiger partial charge in [-0.25, -0.2) is 4.79 Å². The Bertz CT molecular complexity index is 1040. The Balaban J connectivity index is 1.85. The molecular formula is C19H15ClN2O4. The summed E-state index contributed by atoms with van der Waals surface area (Å²) in [6.45, 7) is 0.158. The Hall–Kier alpha value is -3.12. The summed E-state index contributed by atoms with van der Waals surface area (Å²) in [7, 11) is 0. The molecule has 2 aromatic carbocycles. The molecule has 1 aromatic heterocycles. The predicted molar refractivity (Wildman–Crippen MR) is 98.5 cm³/mol. The number of pyridine rings is 1. The van der Waals surface area contributed by atoms with E-state index in [1.54, 1.807) is 12.1 Å². The molecule has 0 unspecified atom stereocenters. The Morgan fingerprint density at radius 1 is 1.12 bits per heavy atom. The SMILES string of the molecule is O=C(Cc1ccccc1)NCc1cc(Cl)cc2cc(C(=O)O)c(=O)[nH]c12. The van der Waals surface area contributed by atoms with Crippen LogP contribution in [0.15, 0.2) is 53.3 Å². The van der Waals surface area contributed by atoms with Gasteiger partial charge < -0.3 is 15.4 Å². The van der Waals surface area contributed by atoms with Crippen LogP contribution < -0.4 is 10.9 Å². The molecule has 26 heavy (non-hydrogen) atoms. The fraction of sp³-hybridized carbons (Fsp3) is 0.105. The largest absolute Gasteiger partial charge is 0.477 e. The highest BCUT2D eigenvalue weighted by molar-refractivity contribution is 6.31. The van der Waals surface area contributed by atoms with E-state index in [0.717, 1.165) is 5.56 Å². The minimum Gasteiger partial charge on any atom is -0.477 e. The van der Waals surface area contributed by atoms with Gasteiger partial charge in [-0.2, -0.15) is 0 Å². The third-order valence-electron chi connectivity index (χ3n) is 3.91. The summed E-state index contributed by atoms with van der Waals surface area (Å²) in [6.07, 6.45) is 0.235. The number of rotatable bonds is 5. The number of carboxylic acid groups (broad SMARTS) is 1. The van der Waals surface area contributed by atoms with Crippen LogP contribution in [0.5, 0.6) is 0 Å². The van der Waals surface area contributed by atoms with Crippen molar-refractivity contribution in [2.24, 2.45) is 0 Å². The lowest BCUT2D eigenvalue weighted by Gasteiger charge is -2.10. The number of aromatic amines is 1. The van der Waals surface area contributed by atoms with Gasteiger partial charge in [-0.3, -0.25) is 9.59 Å². The zero-order chi connectivity index (χ0) is 18.7. The lowest BCUT2D eigenvalue weighted by molar-refractivity contribution is -0.120. The summed E-state index contributed by atoms with van der Waals surface area (Å²) >= 11 is 6.09. The highest BCUT2D eigenvalue weighted by atomic mass is 35.5. The van der Waals surface area contributed by atoms with Crippen molar-refractivity contribution in [2.45, 2.75) is 13.0 Å². The van der Waals surface area contributed by atoms with Crippen LogP contribution in [0.3, 0.4) is 0 Å². The molecule has 0 saturated heterocycles. The molecule has 0 spiro atoms. The minimum absolute atomic E-state index is 0.158. The highest BCUT2D eigenvalue weighted by Gasteiger charge is 2.13. The first-order chi connectivity index (χ1) is 12.4. The standard InChI is InChI=1S/C19H15ClN2O4/c20-14-7-12-9-15(19(25)26)18(24)22-17(12)13(8-14)10-21-16(23)6-11-4-2-1-3-5-11/h1-5,7-9H,6,10H2,(H,21,23)(H,22,24)(H,25,26). The van der Waals surface area contributed by atoms with E-state index in [1.807, 2.05) is 30.3 Å². The van der Waals surface area contributed by atoms with E-state index in [0.29, 0.717) is 21.5 Å². The molecule has 0 saturated carbocycles. The Morgan fingerprint density at radius 3 is 2.54 bits per heavy atom. The molecule has 0 radical (unpaired) electrons.